The van der Waals surface area contributed by atoms with Crippen LogP contribution in [-0.2, 0) is 38.3 Å². The molecule has 0 N–H and O–H groups in total. The second kappa shape index (κ2) is 48.5. The van der Waals surface area contributed by atoms with E-state index >= 15 is 0 Å². The van der Waals surface area contributed by atoms with E-state index in [0.717, 1.165) is 0 Å². The van der Waals surface area contributed by atoms with Gasteiger partial charge < -0.3 is 84.2 Å². The fraction of sp³-hybridized carbons (Fsp3) is 0.308. The molecular weight excluding hydrogens is 643 g/mol. The zero-order valence-corrected chi connectivity index (χ0v) is 41.3. The van der Waals surface area contributed by atoms with Gasteiger partial charge in [0.2, 0.25) is 0 Å². The average Bonchev–Trinajstić information content (AvgIpc) is 2.87. The Kier molecular flexibility index (Phi) is 138. The molecule has 4 radical (unpaired) electrons. The topological polar surface area (TPSA) is 0 Å². The summed E-state index contributed by atoms with van der Waals surface area (Å²) < 4.78 is 0. The van der Waals surface area contributed by atoms with Crippen LogP contribution in [0.4, 0.5) is 0 Å². The van der Waals surface area contributed by atoms with Crippen LogP contribution in [0.5, 0.6) is 0 Å². The summed E-state index contributed by atoms with van der Waals surface area (Å²) >= 11 is 0. The number of halogens is 2. The summed E-state index contributed by atoms with van der Waals surface area (Å²) in [6.07, 6.45) is 0. The minimum absolute atomic E-state index is 0. The molecule has 9 heteroatoms. The third-order valence-corrected chi connectivity index (χ3v) is 5.87. The molecule has 0 unspecified atom stereocenters. The van der Waals surface area contributed by atoms with Gasteiger partial charge in [-0.25, -0.2) is 24.3 Å². The fourth-order valence-electron chi connectivity index (χ4n) is 2.29. The third kappa shape index (κ3) is 61.2. The molecule has 0 bridgehead atoms. The van der Waals surface area contributed by atoms with Crippen molar-refractivity contribution in [3.8, 4) is 0 Å². The zero-order chi connectivity index (χ0) is 15.2. The van der Waals surface area contributed by atoms with Gasteiger partial charge in [-0.1, -0.05) is 51.4 Å². The van der Waals surface area contributed by atoms with E-state index in [-0.39, 0.29) is 154 Å². The molecule has 2 rings (SSSR count). The molecule has 0 fully saturated rings. The second-order valence-corrected chi connectivity index (χ2v) is 19.0. The SMILES string of the molecule is C[Si](C)(C)C[c-]1cccc1.C[Si](C)(C)C[c-]1cccc1.[CH3-].[CH3-].[CH3-].[CH3-].[CH3-].[CH3-].[CH3-].[CH3-].[Cl-].[Cl-].[SiH3].[SiH3].[SiH3].[SiH3].[Zr]. The molecule has 0 aromatic heterocycles. The molecule has 0 atom stereocenters. The Labute approximate surface area is 279 Å². The van der Waals surface area contributed by atoms with Crippen molar-refractivity contribution in [1.29, 1.82) is 0 Å². The first kappa shape index (κ1) is 99.5. The van der Waals surface area contributed by atoms with Crippen molar-refractivity contribution in [2.75, 3.05) is 0 Å². The van der Waals surface area contributed by atoms with Gasteiger partial charge in [-0.3, -0.25) is 0 Å². The standard InChI is InChI=1S/2C9H15Si.8CH3.2ClH.4H3Si.Zr/c2*1-10(2,3)8-9-6-4-5-7-9;;;;;;;;;;;;;;;/h2*4-7H,8H2,1-3H3;8*1H3;2*1H;4*1H3;/q10*-1;;;;;;;/p-2. The van der Waals surface area contributed by atoms with Gasteiger partial charge in [-0.2, -0.15) is 35.4 Å². The Bertz CT molecular complexity index is 435. The van der Waals surface area contributed by atoms with Crippen molar-refractivity contribution in [3.05, 3.63) is 119 Å². The monoisotopic (exact) mass is 706 g/mol. The third-order valence-electron chi connectivity index (χ3n) is 2.93. The zero-order valence-electron chi connectivity index (χ0n) is 27.3. The van der Waals surface area contributed by atoms with E-state index in [1.807, 2.05) is 0 Å². The van der Waals surface area contributed by atoms with Crippen molar-refractivity contribution < 1.29 is 51.0 Å². The molecule has 2 aromatic carbocycles. The molecule has 0 heterocycles. The van der Waals surface area contributed by atoms with Crippen molar-refractivity contribution in [1.82, 2.24) is 0 Å². The van der Waals surface area contributed by atoms with E-state index in [4.69, 9.17) is 0 Å². The number of hydrogen-bond acceptors (Lipinski definition) is 0. The number of rotatable bonds is 4. The van der Waals surface area contributed by atoms with Crippen LogP contribution in [-0.4, -0.2) is 60.0 Å². The van der Waals surface area contributed by atoms with Crippen LogP contribution in [0.3, 0.4) is 0 Å². The Balaban J connectivity index is -0.0000000123. The average molecular weight is 709 g/mol. The van der Waals surface area contributed by atoms with Crippen LogP contribution in [0, 0.1) is 59.4 Å². The Hall–Kier alpha value is 1.46. The predicted molar refractivity (Wildman–Crippen MR) is 189 cm³/mol. The first-order valence-corrected chi connectivity index (χ1v) is 15.0. The van der Waals surface area contributed by atoms with Gasteiger partial charge in [0.25, 0.3) is 0 Å². The minimum atomic E-state index is -0.862. The smallest absolute Gasteiger partial charge is 0.0371 e. The maximum absolute atomic E-state index is 2.40. The summed E-state index contributed by atoms with van der Waals surface area (Å²) in [6.45, 7) is 14.4. The second-order valence-electron chi connectivity index (χ2n) is 8.06. The largest absolute Gasteiger partial charge is 1.00 e. The minimum Gasteiger partial charge on any atom is -1.00 e. The quantitative estimate of drug-likeness (QED) is 0.269. The van der Waals surface area contributed by atoms with Crippen LogP contribution < -0.4 is 24.8 Å². The van der Waals surface area contributed by atoms with Gasteiger partial charge >= 0.3 is 0 Å². The Morgan fingerprint density at radius 3 is 0.686 bits per heavy atom. The molecule has 0 saturated heterocycles. The summed E-state index contributed by atoms with van der Waals surface area (Å²) in [5, 5.41) is 0. The molecule has 0 saturated carbocycles. The maximum atomic E-state index is 2.40. The van der Waals surface area contributed by atoms with Gasteiger partial charge in [0, 0.05) is 42.4 Å². The molecule has 35 heavy (non-hydrogen) atoms. The molecule has 2 aromatic rings. The van der Waals surface area contributed by atoms with E-state index in [1.165, 1.54) is 23.2 Å². The molecule has 0 aliphatic rings. The van der Waals surface area contributed by atoms with Gasteiger partial charge in [0.1, 0.15) is 0 Å². The molecule has 0 spiro atoms. The van der Waals surface area contributed by atoms with Crippen LogP contribution in [0.15, 0.2) is 48.5 Å². The molecule has 0 amide bonds. The van der Waals surface area contributed by atoms with Crippen molar-refractivity contribution in [2.24, 2.45) is 0 Å². The first-order valence-electron chi connectivity index (χ1n) is 7.57. The molecule has 224 valence electrons. The predicted octanol–water partition coefficient (Wildman–Crippen LogP) is -1.48. The van der Waals surface area contributed by atoms with E-state index < -0.39 is 16.1 Å². The number of hydrogen-bond donors (Lipinski definition) is 0. The summed E-state index contributed by atoms with van der Waals surface area (Å²) in [5.41, 5.74) is 3.03. The van der Waals surface area contributed by atoms with Crippen LogP contribution >= 0.6 is 0 Å². The first-order chi connectivity index (χ1) is 9.16. The summed E-state index contributed by atoms with van der Waals surface area (Å²) in [7, 11) is -1.72. The summed E-state index contributed by atoms with van der Waals surface area (Å²) in [6, 6.07) is 20.0. The van der Waals surface area contributed by atoms with Crippen LogP contribution in [0.2, 0.25) is 39.3 Å². The summed E-state index contributed by atoms with van der Waals surface area (Å²) in [4.78, 5) is 0. The van der Waals surface area contributed by atoms with Gasteiger partial charge in [-0.05, 0) is 43.9 Å². The molecule has 0 aliphatic carbocycles. The van der Waals surface area contributed by atoms with Crippen molar-refractivity contribution in [2.45, 2.75) is 51.4 Å². The van der Waals surface area contributed by atoms with E-state index in [1.54, 1.807) is 0 Å². The van der Waals surface area contributed by atoms with Crippen LogP contribution in [0.1, 0.15) is 11.1 Å². The van der Waals surface area contributed by atoms with Gasteiger partial charge in [0.15, 0.2) is 0 Å². The van der Waals surface area contributed by atoms with Gasteiger partial charge in [0.05, 0.1) is 0 Å². The van der Waals surface area contributed by atoms with Crippen molar-refractivity contribution in [3.63, 3.8) is 0 Å². The normalized spacial score (nSPS) is 6.80. The van der Waals surface area contributed by atoms with E-state index in [0.29, 0.717) is 0 Å². The molecule has 0 aliphatic heterocycles. The van der Waals surface area contributed by atoms with Gasteiger partial charge in [-0.15, -0.1) is 0 Å². The molecular formula is C26H66Cl2Si6Zr-12. The summed E-state index contributed by atoms with van der Waals surface area (Å²) in [5.74, 6) is 0. The maximum Gasteiger partial charge on any atom is 0.0371 e. The Morgan fingerprint density at radius 1 is 0.429 bits per heavy atom. The fourth-order valence-corrected chi connectivity index (χ4v) is 5.21. The van der Waals surface area contributed by atoms with Crippen molar-refractivity contribution >= 4 is 60.0 Å². The van der Waals surface area contributed by atoms with E-state index in [9.17, 15) is 0 Å². The molecule has 0 nitrogen and oxygen atoms in total. The Morgan fingerprint density at radius 2 is 0.571 bits per heavy atom. The van der Waals surface area contributed by atoms with Crippen LogP contribution in [0.25, 0.3) is 0 Å². The van der Waals surface area contributed by atoms with E-state index in [2.05, 4.69) is 87.8 Å².